The lowest BCUT2D eigenvalue weighted by Crippen LogP contribution is -3.14. The first-order valence-corrected chi connectivity index (χ1v) is 9.85. The van der Waals surface area contributed by atoms with E-state index in [-0.39, 0.29) is 24.5 Å². The van der Waals surface area contributed by atoms with E-state index < -0.39 is 0 Å². The van der Waals surface area contributed by atoms with Gasteiger partial charge in [0.1, 0.15) is 6.04 Å². The molecule has 1 fully saturated rings. The third-order valence-electron chi connectivity index (χ3n) is 5.75. The summed E-state index contributed by atoms with van der Waals surface area (Å²) in [7, 11) is 3.27. The van der Waals surface area contributed by atoms with E-state index in [9.17, 15) is 9.59 Å². The molecule has 0 saturated carbocycles. The normalized spacial score (nSPS) is 20.8. The molecule has 152 valence electrons. The molecule has 2 aromatic rings. The van der Waals surface area contributed by atoms with Crippen molar-refractivity contribution >= 4 is 11.9 Å². The zero-order valence-electron chi connectivity index (χ0n) is 16.7. The Hall–Kier alpha value is -3.06. The Morgan fingerprint density at radius 2 is 1.90 bits per heavy atom. The van der Waals surface area contributed by atoms with Gasteiger partial charge in [-0.2, -0.15) is 0 Å². The van der Waals surface area contributed by atoms with Gasteiger partial charge in [0.05, 0.1) is 20.8 Å². The smallest absolute Gasteiger partial charge is 0.324 e. The standard InChI is InChI=1S/C22H25N3O4/c1-28-18-12-16-8-10-24(14-20(26)25-11-9-23-22(25)27)21(15-6-4-3-5-7-15)17(16)13-19(18)29-2/h3-7,12-13,21H,8-11,14H2,1-2H3,(H,23,27)/p+1/t21-/m0/s1. The average Bonchev–Trinajstić information content (AvgIpc) is 3.19. The van der Waals surface area contributed by atoms with Gasteiger partial charge in [-0.3, -0.25) is 9.69 Å². The number of amides is 3. The van der Waals surface area contributed by atoms with Gasteiger partial charge in [0.15, 0.2) is 18.0 Å². The highest BCUT2D eigenvalue weighted by atomic mass is 16.5. The van der Waals surface area contributed by atoms with E-state index in [4.69, 9.17) is 9.47 Å². The van der Waals surface area contributed by atoms with Crippen LogP contribution in [0.2, 0.25) is 0 Å². The molecule has 0 radical (unpaired) electrons. The van der Waals surface area contributed by atoms with Gasteiger partial charge >= 0.3 is 6.03 Å². The van der Waals surface area contributed by atoms with Crippen LogP contribution in [-0.4, -0.2) is 57.2 Å². The summed E-state index contributed by atoms with van der Waals surface area (Å²) in [6.07, 6.45) is 0.827. The third-order valence-corrected chi connectivity index (χ3v) is 5.75. The number of hydrogen-bond donors (Lipinski definition) is 2. The molecule has 29 heavy (non-hydrogen) atoms. The van der Waals surface area contributed by atoms with Crippen LogP contribution in [0.3, 0.4) is 0 Å². The minimum Gasteiger partial charge on any atom is -0.493 e. The second-order valence-electron chi connectivity index (χ2n) is 7.36. The highest BCUT2D eigenvalue weighted by Gasteiger charge is 2.37. The molecule has 7 nitrogen and oxygen atoms in total. The highest BCUT2D eigenvalue weighted by Crippen LogP contribution is 2.36. The number of ether oxygens (including phenoxy) is 2. The first kappa shape index (κ1) is 19.3. The van der Waals surface area contributed by atoms with E-state index in [0.717, 1.165) is 29.0 Å². The molecule has 7 heteroatoms. The third kappa shape index (κ3) is 3.65. The molecule has 2 N–H and O–H groups in total. The van der Waals surface area contributed by atoms with Crippen molar-refractivity contribution in [1.29, 1.82) is 0 Å². The summed E-state index contributed by atoms with van der Waals surface area (Å²) in [6.45, 7) is 2.01. The average molecular weight is 396 g/mol. The maximum Gasteiger partial charge on any atom is 0.324 e. The highest BCUT2D eigenvalue weighted by molar-refractivity contribution is 5.96. The SMILES string of the molecule is COc1cc2c(cc1OC)[C@H](c1ccccc1)[NH+](CC(=O)N1CCNC1=O)CC2. The van der Waals surface area contributed by atoms with Crippen molar-refractivity contribution < 1.29 is 24.0 Å². The number of hydrogen-bond acceptors (Lipinski definition) is 4. The number of rotatable bonds is 5. The van der Waals surface area contributed by atoms with Crippen LogP contribution in [0.15, 0.2) is 42.5 Å². The number of quaternary nitrogens is 1. The molecule has 2 heterocycles. The zero-order valence-corrected chi connectivity index (χ0v) is 16.7. The fourth-order valence-electron chi connectivity index (χ4n) is 4.33. The molecule has 1 saturated heterocycles. The molecule has 0 aromatic heterocycles. The topological polar surface area (TPSA) is 72.3 Å². The molecule has 2 atom stereocenters. The van der Waals surface area contributed by atoms with Crippen LogP contribution < -0.4 is 19.7 Å². The Morgan fingerprint density at radius 3 is 2.55 bits per heavy atom. The summed E-state index contributed by atoms with van der Waals surface area (Å²) in [6, 6.07) is 13.9. The van der Waals surface area contributed by atoms with Crippen molar-refractivity contribution in [3.8, 4) is 11.5 Å². The van der Waals surface area contributed by atoms with Crippen molar-refractivity contribution in [2.75, 3.05) is 40.4 Å². The van der Waals surface area contributed by atoms with E-state index in [0.29, 0.717) is 24.6 Å². The Morgan fingerprint density at radius 1 is 1.17 bits per heavy atom. The number of benzene rings is 2. The van der Waals surface area contributed by atoms with Gasteiger partial charge < -0.3 is 19.7 Å². The minimum atomic E-state index is -0.297. The summed E-state index contributed by atoms with van der Waals surface area (Å²) >= 11 is 0. The van der Waals surface area contributed by atoms with E-state index in [2.05, 4.69) is 17.4 Å². The number of nitrogens with one attached hydrogen (secondary N) is 2. The number of fused-ring (bicyclic) bond motifs is 1. The zero-order chi connectivity index (χ0) is 20.4. The van der Waals surface area contributed by atoms with Gasteiger partial charge in [-0.15, -0.1) is 0 Å². The van der Waals surface area contributed by atoms with Gasteiger partial charge in [-0.05, 0) is 17.7 Å². The van der Waals surface area contributed by atoms with Crippen LogP contribution in [0.5, 0.6) is 11.5 Å². The monoisotopic (exact) mass is 396 g/mol. The maximum absolute atomic E-state index is 12.8. The second-order valence-corrected chi connectivity index (χ2v) is 7.36. The Bertz CT molecular complexity index is 916. The second kappa shape index (κ2) is 8.13. The lowest BCUT2D eigenvalue weighted by Gasteiger charge is -2.35. The Kier molecular flexibility index (Phi) is 5.40. The van der Waals surface area contributed by atoms with Gasteiger partial charge in [0, 0.05) is 30.6 Å². The Labute approximate surface area is 170 Å². The van der Waals surface area contributed by atoms with Crippen molar-refractivity contribution in [2.45, 2.75) is 12.5 Å². The van der Waals surface area contributed by atoms with Gasteiger partial charge in [0.25, 0.3) is 5.91 Å². The molecule has 0 aliphatic carbocycles. The largest absolute Gasteiger partial charge is 0.493 e. The van der Waals surface area contributed by atoms with Crippen LogP contribution in [-0.2, 0) is 11.2 Å². The predicted octanol–water partition coefficient (Wildman–Crippen LogP) is 0.786. The van der Waals surface area contributed by atoms with Gasteiger partial charge in [-0.1, -0.05) is 30.3 Å². The molecule has 2 aliphatic rings. The molecule has 1 unspecified atom stereocenters. The van der Waals surface area contributed by atoms with E-state index >= 15 is 0 Å². The molecule has 4 rings (SSSR count). The van der Waals surface area contributed by atoms with Crippen LogP contribution in [0, 0.1) is 0 Å². The number of nitrogens with zero attached hydrogens (tertiary/aromatic N) is 1. The van der Waals surface area contributed by atoms with Crippen molar-refractivity contribution in [1.82, 2.24) is 10.2 Å². The molecule has 0 bridgehead atoms. The van der Waals surface area contributed by atoms with Crippen molar-refractivity contribution in [2.24, 2.45) is 0 Å². The fraction of sp³-hybridized carbons (Fsp3) is 0.364. The number of carbonyl (C=O) groups is 2. The molecule has 2 aromatic carbocycles. The molecular weight excluding hydrogens is 370 g/mol. The maximum atomic E-state index is 12.8. The molecular formula is C22H26N3O4+. The number of urea groups is 1. The Balaban J connectivity index is 1.71. The number of imide groups is 1. The fourth-order valence-corrected chi connectivity index (χ4v) is 4.33. The van der Waals surface area contributed by atoms with E-state index in [1.807, 2.05) is 30.3 Å². The lowest BCUT2D eigenvalue weighted by molar-refractivity contribution is -0.920. The summed E-state index contributed by atoms with van der Waals surface area (Å²) in [4.78, 5) is 27.2. The first-order valence-electron chi connectivity index (χ1n) is 9.85. The quantitative estimate of drug-likeness (QED) is 0.784. The molecule has 2 aliphatic heterocycles. The summed E-state index contributed by atoms with van der Waals surface area (Å²) in [5.74, 6) is 1.25. The van der Waals surface area contributed by atoms with Crippen LogP contribution in [0.1, 0.15) is 22.7 Å². The predicted molar refractivity (Wildman–Crippen MR) is 107 cm³/mol. The minimum absolute atomic E-state index is 0.0191. The van der Waals surface area contributed by atoms with Crippen LogP contribution in [0.4, 0.5) is 4.79 Å². The summed E-state index contributed by atoms with van der Waals surface area (Å²) in [5.41, 5.74) is 3.47. The number of methoxy groups -OCH3 is 2. The van der Waals surface area contributed by atoms with Gasteiger partial charge in [0.2, 0.25) is 0 Å². The number of carbonyl (C=O) groups excluding carboxylic acids is 2. The van der Waals surface area contributed by atoms with Crippen LogP contribution >= 0.6 is 0 Å². The first-order chi connectivity index (χ1) is 14.1. The van der Waals surface area contributed by atoms with E-state index in [1.165, 1.54) is 10.5 Å². The van der Waals surface area contributed by atoms with Crippen molar-refractivity contribution in [3.05, 3.63) is 59.2 Å². The lowest BCUT2D eigenvalue weighted by atomic mass is 9.87. The van der Waals surface area contributed by atoms with Crippen molar-refractivity contribution in [3.63, 3.8) is 0 Å². The van der Waals surface area contributed by atoms with Crippen LogP contribution in [0.25, 0.3) is 0 Å². The summed E-state index contributed by atoms with van der Waals surface area (Å²) < 4.78 is 11.0. The summed E-state index contributed by atoms with van der Waals surface area (Å²) in [5, 5.41) is 2.70. The molecule has 0 spiro atoms. The van der Waals surface area contributed by atoms with E-state index in [1.54, 1.807) is 14.2 Å². The molecule has 3 amide bonds. The van der Waals surface area contributed by atoms with Gasteiger partial charge in [-0.25, -0.2) is 4.79 Å².